The summed E-state index contributed by atoms with van der Waals surface area (Å²) in [6.45, 7) is 0.271. The number of amides is 2. The highest BCUT2D eigenvalue weighted by molar-refractivity contribution is 6.02. The van der Waals surface area contributed by atoms with E-state index in [1.807, 2.05) is 7.05 Å². The third-order valence-electron chi connectivity index (χ3n) is 4.73. The fraction of sp³-hybridized carbons (Fsp3) is 0.444. The maximum Gasteiger partial charge on any atom is 0.250 e. The van der Waals surface area contributed by atoms with Gasteiger partial charge >= 0.3 is 0 Å². The van der Waals surface area contributed by atoms with Gasteiger partial charge in [-0.3, -0.25) is 9.59 Å². The smallest absolute Gasteiger partial charge is 0.250 e. The number of likely N-dealkylation sites (N-methyl/N-ethyl adjacent to an activating group) is 1. The Morgan fingerprint density at radius 3 is 3.00 bits per heavy atom. The van der Waals surface area contributed by atoms with Gasteiger partial charge in [0.25, 0.3) is 5.91 Å². The van der Waals surface area contributed by atoms with Crippen LogP contribution in [0.25, 0.3) is 0 Å². The maximum atomic E-state index is 13.1. The third kappa shape index (κ3) is 3.28. The van der Waals surface area contributed by atoms with Gasteiger partial charge in [0, 0.05) is 19.2 Å². The summed E-state index contributed by atoms with van der Waals surface area (Å²) in [6, 6.07) is 6.32. The van der Waals surface area contributed by atoms with Crippen molar-refractivity contribution < 1.29 is 14.0 Å². The van der Waals surface area contributed by atoms with Gasteiger partial charge in [-0.25, -0.2) is 4.39 Å². The second-order valence-corrected chi connectivity index (χ2v) is 6.26. The van der Waals surface area contributed by atoms with Crippen LogP contribution < -0.4 is 5.32 Å². The molecule has 1 unspecified atom stereocenters. The number of fused-ring (bicyclic) bond motifs is 1. The molecule has 1 aliphatic heterocycles. The summed E-state index contributed by atoms with van der Waals surface area (Å²) < 4.78 is 13.1. The minimum atomic E-state index is -0.320. The Morgan fingerprint density at radius 2 is 2.22 bits per heavy atom. The van der Waals surface area contributed by atoms with Crippen LogP contribution in [0.1, 0.15) is 37.7 Å². The molecular weight excluding hydrogens is 295 g/mol. The lowest BCUT2D eigenvalue weighted by atomic mass is 9.88. The van der Waals surface area contributed by atoms with Gasteiger partial charge in [0.05, 0.1) is 12.5 Å². The van der Waals surface area contributed by atoms with E-state index in [-0.39, 0.29) is 36.6 Å². The molecule has 1 fully saturated rings. The number of hydrogen-bond acceptors (Lipinski definition) is 2. The topological polar surface area (TPSA) is 49.4 Å². The fourth-order valence-electron chi connectivity index (χ4n) is 3.52. The van der Waals surface area contributed by atoms with Crippen molar-refractivity contribution in [2.45, 2.75) is 44.7 Å². The van der Waals surface area contributed by atoms with Crippen molar-refractivity contribution in [3.8, 4) is 0 Å². The molecule has 0 aromatic heterocycles. The minimum Gasteiger partial charge on any atom is -0.352 e. The predicted molar refractivity (Wildman–Crippen MR) is 84.9 cm³/mol. The second kappa shape index (κ2) is 6.52. The summed E-state index contributed by atoms with van der Waals surface area (Å²) in [7, 11) is 1.82. The van der Waals surface area contributed by atoms with E-state index in [1.165, 1.54) is 12.1 Å². The number of nitrogens with zero attached hydrogens (tertiary/aromatic N) is 1. The van der Waals surface area contributed by atoms with Gasteiger partial charge < -0.3 is 10.2 Å². The number of carbonyl (C=O) groups excluding carboxylic acids is 2. The van der Waals surface area contributed by atoms with Crippen LogP contribution in [0, 0.1) is 5.82 Å². The third-order valence-corrected chi connectivity index (χ3v) is 4.73. The van der Waals surface area contributed by atoms with Crippen molar-refractivity contribution in [2.24, 2.45) is 0 Å². The van der Waals surface area contributed by atoms with Gasteiger partial charge in [-0.2, -0.15) is 0 Å². The van der Waals surface area contributed by atoms with Crippen molar-refractivity contribution in [3.63, 3.8) is 0 Å². The van der Waals surface area contributed by atoms with Crippen LogP contribution in [-0.4, -0.2) is 29.8 Å². The normalized spacial score (nSPS) is 20.7. The van der Waals surface area contributed by atoms with Crippen LogP contribution in [0.2, 0.25) is 0 Å². The lowest BCUT2D eigenvalue weighted by Crippen LogP contribution is -2.33. The molecule has 5 heteroatoms. The van der Waals surface area contributed by atoms with E-state index in [2.05, 4.69) is 5.32 Å². The van der Waals surface area contributed by atoms with Gasteiger partial charge in [-0.15, -0.1) is 0 Å². The number of nitrogens with one attached hydrogen (secondary N) is 1. The van der Waals surface area contributed by atoms with Crippen molar-refractivity contribution >= 4 is 11.8 Å². The Hall–Kier alpha value is -2.17. The Labute approximate surface area is 135 Å². The van der Waals surface area contributed by atoms with Gasteiger partial charge in [0.2, 0.25) is 5.91 Å². The van der Waals surface area contributed by atoms with E-state index in [0.29, 0.717) is 11.1 Å². The van der Waals surface area contributed by atoms with Gasteiger partial charge in [0.1, 0.15) is 5.82 Å². The SMILES string of the molecule is CN1C(=O)C(CC(=O)NCc2cccc(F)c2)=C2CCCCC21. The van der Waals surface area contributed by atoms with E-state index in [0.717, 1.165) is 31.3 Å². The van der Waals surface area contributed by atoms with Crippen LogP contribution in [-0.2, 0) is 16.1 Å². The molecule has 3 rings (SSSR count). The summed E-state index contributed by atoms with van der Waals surface area (Å²) >= 11 is 0. The summed E-state index contributed by atoms with van der Waals surface area (Å²) in [5, 5.41) is 2.77. The standard InChI is InChI=1S/C18H21FN2O2/c1-21-16-8-3-2-7-14(16)15(18(21)23)10-17(22)20-11-12-5-4-6-13(19)9-12/h4-6,9,16H,2-3,7-8,10-11H2,1H3,(H,20,22). The Kier molecular flexibility index (Phi) is 4.46. The average molecular weight is 316 g/mol. The lowest BCUT2D eigenvalue weighted by Gasteiger charge is -2.26. The lowest BCUT2D eigenvalue weighted by molar-refractivity contribution is -0.128. The summed E-state index contributed by atoms with van der Waals surface area (Å²) in [4.78, 5) is 26.3. The van der Waals surface area contributed by atoms with E-state index in [4.69, 9.17) is 0 Å². The molecule has 1 saturated carbocycles. The first-order valence-electron chi connectivity index (χ1n) is 8.06. The monoisotopic (exact) mass is 316 g/mol. The van der Waals surface area contributed by atoms with Crippen molar-refractivity contribution in [3.05, 3.63) is 46.8 Å². The van der Waals surface area contributed by atoms with E-state index in [1.54, 1.807) is 17.0 Å². The molecule has 2 amide bonds. The zero-order valence-electron chi connectivity index (χ0n) is 13.3. The maximum absolute atomic E-state index is 13.1. The quantitative estimate of drug-likeness (QED) is 0.928. The predicted octanol–water partition coefficient (Wildman–Crippen LogP) is 2.54. The summed E-state index contributed by atoms with van der Waals surface area (Å²) in [5.74, 6) is -0.531. The molecule has 23 heavy (non-hydrogen) atoms. The molecule has 1 aromatic rings. The van der Waals surface area contributed by atoms with Crippen LogP contribution >= 0.6 is 0 Å². The van der Waals surface area contributed by atoms with Crippen LogP contribution in [0.15, 0.2) is 35.4 Å². The Balaban J connectivity index is 1.64. The summed E-state index contributed by atoms with van der Waals surface area (Å²) in [5.41, 5.74) is 2.51. The molecule has 1 N–H and O–H groups in total. The summed E-state index contributed by atoms with van der Waals surface area (Å²) in [6.07, 6.45) is 4.23. The number of carbonyl (C=O) groups is 2. The fourth-order valence-corrected chi connectivity index (χ4v) is 3.52. The second-order valence-electron chi connectivity index (χ2n) is 6.26. The van der Waals surface area contributed by atoms with Crippen molar-refractivity contribution in [1.29, 1.82) is 0 Å². The molecule has 1 aromatic carbocycles. The molecule has 0 radical (unpaired) electrons. The zero-order valence-corrected chi connectivity index (χ0v) is 13.3. The van der Waals surface area contributed by atoms with E-state index < -0.39 is 0 Å². The minimum absolute atomic E-state index is 0.0206. The molecular formula is C18H21FN2O2. The average Bonchev–Trinajstić information content (AvgIpc) is 2.79. The number of halogens is 1. The number of hydrogen-bond donors (Lipinski definition) is 1. The molecule has 0 spiro atoms. The first-order valence-corrected chi connectivity index (χ1v) is 8.06. The highest BCUT2D eigenvalue weighted by Crippen LogP contribution is 2.36. The van der Waals surface area contributed by atoms with Crippen molar-refractivity contribution in [1.82, 2.24) is 10.2 Å². The van der Waals surface area contributed by atoms with Crippen LogP contribution in [0.5, 0.6) is 0 Å². The number of benzene rings is 1. The molecule has 0 bridgehead atoms. The van der Waals surface area contributed by atoms with E-state index in [9.17, 15) is 14.0 Å². The number of rotatable bonds is 4. The largest absolute Gasteiger partial charge is 0.352 e. The first kappa shape index (κ1) is 15.7. The van der Waals surface area contributed by atoms with E-state index >= 15 is 0 Å². The van der Waals surface area contributed by atoms with Gasteiger partial charge in [0.15, 0.2) is 0 Å². The highest BCUT2D eigenvalue weighted by Gasteiger charge is 2.38. The highest BCUT2D eigenvalue weighted by atomic mass is 19.1. The van der Waals surface area contributed by atoms with Crippen LogP contribution in [0.4, 0.5) is 4.39 Å². The van der Waals surface area contributed by atoms with Gasteiger partial charge in [-0.1, -0.05) is 18.6 Å². The molecule has 2 aliphatic rings. The van der Waals surface area contributed by atoms with Crippen molar-refractivity contribution in [2.75, 3.05) is 7.05 Å². The molecule has 122 valence electrons. The first-order chi connectivity index (χ1) is 11.1. The Bertz CT molecular complexity index is 669. The molecule has 1 aliphatic carbocycles. The van der Waals surface area contributed by atoms with Gasteiger partial charge in [-0.05, 0) is 42.5 Å². The molecule has 0 saturated heterocycles. The van der Waals surface area contributed by atoms with Crippen LogP contribution in [0.3, 0.4) is 0 Å². The Morgan fingerprint density at radius 1 is 1.39 bits per heavy atom. The molecule has 1 atom stereocenters. The zero-order chi connectivity index (χ0) is 16.4. The molecule has 4 nitrogen and oxygen atoms in total. The molecule has 1 heterocycles.